The molecular formula is C16H12N2OS2. The molecular weight excluding hydrogens is 300 g/mol. The van der Waals surface area contributed by atoms with Crippen LogP contribution in [-0.4, -0.2) is 20.1 Å². The second-order valence-corrected chi connectivity index (χ2v) is 6.18. The van der Waals surface area contributed by atoms with Crippen LogP contribution in [0.15, 0.2) is 59.6 Å². The monoisotopic (exact) mass is 312 g/mol. The minimum atomic E-state index is -0.0560. The molecule has 1 aromatic carbocycles. The minimum Gasteiger partial charge on any atom is -0.287 e. The number of rotatable bonds is 3. The summed E-state index contributed by atoms with van der Waals surface area (Å²) in [6.45, 7) is 0.414. The molecule has 104 valence electrons. The van der Waals surface area contributed by atoms with Crippen LogP contribution in [-0.2, 0) is 11.3 Å². The lowest BCUT2D eigenvalue weighted by molar-refractivity contribution is -0.122. The molecule has 2 aromatic rings. The van der Waals surface area contributed by atoms with E-state index in [9.17, 15) is 4.79 Å². The van der Waals surface area contributed by atoms with Crippen LogP contribution in [0.5, 0.6) is 0 Å². The fourth-order valence-electron chi connectivity index (χ4n) is 1.99. The molecule has 0 atom stereocenters. The number of hydrogen-bond acceptors (Lipinski definition) is 4. The van der Waals surface area contributed by atoms with Crippen molar-refractivity contribution >= 4 is 40.3 Å². The summed E-state index contributed by atoms with van der Waals surface area (Å²) in [7, 11) is 0. The highest BCUT2D eigenvalue weighted by atomic mass is 32.2. The molecule has 5 heteroatoms. The van der Waals surface area contributed by atoms with Gasteiger partial charge in [-0.1, -0.05) is 60.4 Å². The van der Waals surface area contributed by atoms with E-state index in [1.165, 1.54) is 11.8 Å². The van der Waals surface area contributed by atoms with Gasteiger partial charge in [-0.3, -0.25) is 14.7 Å². The second kappa shape index (κ2) is 6.20. The van der Waals surface area contributed by atoms with E-state index in [2.05, 4.69) is 4.98 Å². The van der Waals surface area contributed by atoms with Gasteiger partial charge in [0.15, 0.2) is 0 Å². The molecule has 0 saturated carbocycles. The molecule has 2 heterocycles. The van der Waals surface area contributed by atoms with Crippen LogP contribution in [0.3, 0.4) is 0 Å². The molecule has 1 aromatic heterocycles. The Bertz CT molecular complexity index is 699. The molecule has 3 nitrogen and oxygen atoms in total. The van der Waals surface area contributed by atoms with Crippen molar-refractivity contribution in [1.82, 2.24) is 9.88 Å². The number of thioether (sulfide) groups is 1. The Labute approximate surface area is 132 Å². The Kier molecular flexibility index (Phi) is 4.13. The van der Waals surface area contributed by atoms with Gasteiger partial charge in [0.2, 0.25) is 0 Å². The van der Waals surface area contributed by atoms with Crippen molar-refractivity contribution in [2.24, 2.45) is 0 Å². The maximum Gasteiger partial charge on any atom is 0.266 e. The van der Waals surface area contributed by atoms with Gasteiger partial charge in [0.25, 0.3) is 5.91 Å². The SMILES string of the molecule is O=C1/C(=C\c2ccccc2)SC(=S)N1Cc1ccccn1. The van der Waals surface area contributed by atoms with Gasteiger partial charge in [0.1, 0.15) is 4.32 Å². The number of pyridine rings is 1. The number of carbonyl (C=O) groups excluding carboxylic acids is 1. The zero-order valence-electron chi connectivity index (χ0n) is 11.1. The largest absolute Gasteiger partial charge is 0.287 e. The zero-order chi connectivity index (χ0) is 14.7. The highest BCUT2D eigenvalue weighted by molar-refractivity contribution is 8.26. The number of carbonyl (C=O) groups is 1. The van der Waals surface area contributed by atoms with Gasteiger partial charge in [0, 0.05) is 6.20 Å². The molecule has 0 unspecified atom stereocenters. The lowest BCUT2D eigenvalue weighted by atomic mass is 10.2. The third-order valence-electron chi connectivity index (χ3n) is 3.02. The first kappa shape index (κ1) is 14.0. The maximum absolute atomic E-state index is 12.4. The number of aromatic nitrogens is 1. The Morgan fingerprint density at radius 2 is 1.90 bits per heavy atom. The number of nitrogens with zero attached hydrogens (tertiary/aromatic N) is 2. The van der Waals surface area contributed by atoms with Crippen LogP contribution in [0.2, 0.25) is 0 Å². The van der Waals surface area contributed by atoms with Crippen molar-refractivity contribution < 1.29 is 4.79 Å². The molecule has 3 rings (SSSR count). The predicted octanol–water partition coefficient (Wildman–Crippen LogP) is 3.48. The average Bonchev–Trinajstić information content (AvgIpc) is 2.77. The molecule has 0 N–H and O–H groups in total. The van der Waals surface area contributed by atoms with Gasteiger partial charge in [0.05, 0.1) is 17.1 Å². The summed E-state index contributed by atoms with van der Waals surface area (Å²) >= 11 is 6.65. The van der Waals surface area contributed by atoms with E-state index in [-0.39, 0.29) is 5.91 Å². The first-order chi connectivity index (χ1) is 10.2. The third kappa shape index (κ3) is 3.20. The lowest BCUT2D eigenvalue weighted by Crippen LogP contribution is -2.27. The quantitative estimate of drug-likeness (QED) is 0.642. The summed E-state index contributed by atoms with van der Waals surface area (Å²) in [6, 6.07) is 15.4. The topological polar surface area (TPSA) is 33.2 Å². The zero-order valence-corrected chi connectivity index (χ0v) is 12.7. The molecule has 0 radical (unpaired) electrons. The lowest BCUT2D eigenvalue weighted by Gasteiger charge is -2.13. The fraction of sp³-hybridized carbons (Fsp3) is 0.0625. The van der Waals surface area contributed by atoms with Crippen LogP contribution in [0.1, 0.15) is 11.3 Å². The minimum absolute atomic E-state index is 0.0560. The van der Waals surface area contributed by atoms with E-state index in [1.807, 2.05) is 54.6 Å². The molecule has 0 aliphatic carbocycles. The van der Waals surface area contributed by atoms with Gasteiger partial charge >= 0.3 is 0 Å². The van der Waals surface area contributed by atoms with E-state index < -0.39 is 0 Å². The number of benzene rings is 1. The predicted molar refractivity (Wildman–Crippen MR) is 89.4 cm³/mol. The third-order valence-corrected chi connectivity index (χ3v) is 4.39. The maximum atomic E-state index is 12.4. The number of thiocarbonyl (C=S) groups is 1. The second-order valence-electron chi connectivity index (χ2n) is 4.50. The molecule has 1 saturated heterocycles. The van der Waals surface area contributed by atoms with Crippen molar-refractivity contribution in [1.29, 1.82) is 0 Å². The van der Waals surface area contributed by atoms with Crippen LogP contribution >= 0.6 is 24.0 Å². The van der Waals surface area contributed by atoms with Crippen molar-refractivity contribution in [3.63, 3.8) is 0 Å². The first-order valence-corrected chi connectivity index (χ1v) is 7.67. The Morgan fingerprint density at radius 3 is 2.62 bits per heavy atom. The molecule has 1 aliphatic rings. The van der Waals surface area contributed by atoms with E-state index in [4.69, 9.17) is 12.2 Å². The van der Waals surface area contributed by atoms with Crippen LogP contribution in [0.25, 0.3) is 6.08 Å². The van der Waals surface area contributed by atoms with E-state index >= 15 is 0 Å². The van der Waals surface area contributed by atoms with Crippen LogP contribution in [0.4, 0.5) is 0 Å². The Morgan fingerprint density at radius 1 is 1.14 bits per heavy atom. The van der Waals surface area contributed by atoms with Gasteiger partial charge in [-0.2, -0.15) is 0 Å². The highest BCUT2D eigenvalue weighted by Gasteiger charge is 2.32. The van der Waals surface area contributed by atoms with Crippen LogP contribution < -0.4 is 0 Å². The number of amides is 1. The Hall–Kier alpha value is -1.98. The fourth-order valence-corrected chi connectivity index (χ4v) is 3.25. The van der Waals surface area contributed by atoms with Crippen molar-refractivity contribution in [2.45, 2.75) is 6.54 Å². The standard InChI is InChI=1S/C16H12N2OS2/c19-15-14(10-12-6-2-1-3-7-12)21-16(20)18(15)11-13-8-4-5-9-17-13/h1-10H,11H2/b14-10+. The normalized spacial score (nSPS) is 16.8. The molecule has 21 heavy (non-hydrogen) atoms. The van der Waals surface area contributed by atoms with Gasteiger partial charge in [-0.05, 0) is 23.8 Å². The van der Waals surface area contributed by atoms with Gasteiger partial charge in [-0.25, -0.2) is 0 Å². The van der Waals surface area contributed by atoms with E-state index in [1.54, 1.807) is 11.1 Å². The van der Waals surface area contributed by atoms with Crippen molar-refractivity contribution in [3.05, 3.63) is 70.9 Å². The summed E-state index contributed by atoms with van der Waals surface area (Å²) in [4.78, 5) is 18.9. The highest BCUT2D eigenvalue weighted by Crippen LogP contribution is 2.33. The summed E-state index contributed by atoms with van der Waals surface area (Å²) in [5.74, 6) is -0.0560. The Balaban J connectivity index is 1.81. The van der Waals surface area contributed by atoms with Crippen molar-refractivity contribution in [3.8, 4) is 0 Å². The molecule has 1 aliphatic heterocycles. The summed E-state index contributed by atoms with van der Waals surface area (Å²) < 4.78 is 0.577. The van der Waals surface area contributed by atoms with Gasteiger partial charge < -0.3 is 0 Å². The molecule has 1 amide bonds. The van der Waals surface area contributed by atoms with E-state index in [0.717, 1.165) is 11.3 Å². The summed E-state index contributed by atoms with van der Waals surface area (Å²) in [5, 5.41) is 0. The molecule has 0 spiro atoms. The van der Waals surface area contributed by atoms with E-state index in [0.29, 0.717) is 15.8 Å². The van der Waals surface area contributed by atoms with Crippen molar-refractivity contribution in [2.75, 3.05) is 0 Å². The average molecular weight is 312 g/mol. The summed E-state index contributed by atoms with van der Waals surface area (Å²) in [6.07, 6.45) is 3.59. The first-order valence-electron chi connectivity index (χ1n) is 6.44. The molecule has 0 bridgehead atoms. The smallest absolute Gasteiger partial charge is 0.266 e. The summed E-state index contributed by atoms with van der Waals surface area (Å²) in [5.41, 5.74) is 1.82. The molecule has 1 fully saturated rings. The van der Waals surface area contributed by atoms with Crippen LogP contribution in [0, 0.1) is 0 Å². The number of hydrogen-bond donors (Lipinski definition) is 0. The van der Waals surface area contributed by atoms with Gasteiger partial charge in [-0.15, -0.1) is 0 Å².